The average molecular weight is 342 g/mol. The minimum Gasteiger partial charge on any atom is -0.379 e. The predicted molar refractivity (Wildman–Crippen MR) is 96.3 cm³/mol. The Balaban J connectivity index is 2.19. The zero-order chi connectivity index (χ0) is 17.6. The van der Waals surface area contributed by atoms with Gasteiger partial charge in [-0.1, -0.05) is 13.3 Å². The lowest BCUT2D eigenvalue weighted by Crippen LogP contribution is -2.39. The number of likely N-dealkylation sites (N-methyl/N-ethyl adjacent to an activating group) is 1. The number of ether oxygens (including phenoxy) is 2. The summed E-state index contributed by atoms with van der Waals surface area (Å²) in [6.45, 7) is 6.17. The quantitative estimate of drug-likeness (QED) is 0.333. The second-order valence-corrected chi connectivity index (χ2v) is 6.22. The van der Waals surface area contributed by atoms with Gasteiger partial charge in [-0.15, -0.1) is 0 Å². The summed E-state index contributed by atoms with van der Waals surface area (Å²) in [4.78, 5) is 17.5. The van der Waals surface area contributed by atoms with Crippen LogP contribution in [0.2, 0.25) is 0 Å². The molecule has 0 saturated carbocycles. The Bertz CT molecular complexity index is 369. The molecule has 1 amide bonds. The van der Waals surface area contributed by atoms with E-state index in [9.17, 15) is 4.79 Å². The topological polar surface area (TPSA) is 75.2 Å². The highest BCUT2D eigenvalue weighted by Gasteiger charge is 2.14. The Morgan fingerprint density at radius 1 is 1.29 bits per heavy atom. The van der Waals surface area contributed by atoms with Gasteiger partial charge < -0.3 is 25.0 Å². The maximum absolute atomic E-state index is 11.6. The molecule has 1 saturated heterocycles. The maximum Gasteiger partial charge on any atom is 0.243 e. The molecule has 1 aliphatic heterocycles. The molecule has 0 spiro atoms. The van der Waals surface area contributed by atoms with Crippen molar-refractivity contribution in [2.75, 3.05) is 53.6 Å². The van der Waals surface area contributed by atoms with Gasteiger partial charge in [-0.05, 0) is 25.7 Å². The van der Waals surface area contributed by atoms with Gasteiger partial charge in [0.05, 0.1) is 12.7 Å². The van der Waals surface area contributed by atoms with Gasteiger partial charge in [-0.25, -0.2) is 4.99 Å². The molecular formula is C17H34N4O3. The molecule has 1 heterocycles. The van der Waals surface area contributed by atoms with Crippen molar-refractivity contribution < 1.29 is 14.3 Å². The molecule has 0 aromatic carbocycles. The van der Waals surface area contributed by atoms with Crippen molar-refractivity contribution in [3.63, 3.8) is 0 Å². The van der Waals surface area contributed by atoms with Crippen molar-refractivity contribution in [3.8, 4) is 0 Å². The fourth-order valence-corrected chi connectivity index (χ4v) is 2.22. The highest BCUT2D eigenvalue weighted by atomic mass is 16.5. The molecule has 7 heteroatoms. The van der Waals surface area contributed by atoms with E-state index >= 15 is 0 Å². The van der Waals surface area contributed by atoms with Crippen molar-refractivity contribution in [2.24, 2.45) is 4.99 Å². The Labute approximate surface area is 146 Å². The Kier molecular flexibility index (Phi) is 11.2. The van der Waals surface area contributed by atoms with E-state index in [1.807, 2.05) is 0 Å². The second-order valence-electron chi connectivity index (χ2n) is 6.22. The van der Waals surface area contributed by atoms with E-state index in [0.717, 1.165) is 51.8 Å². The monoisotopic (exact) mass is 342 g/mol. The van der Waals surface area contributed by atoms with Gasteiger partial charge in [0.15, 0.2) is 5.96 Å². The first kappa shape index (κ1) is 20.7. The van der Waals surface area contributed by atoms with Crippen LogP contribution in [-0.2, 0) is 14.3 Å². The molecule has 2 N–H and O–H groups in total. The molecular weight excluding hydrogens is 308 g/mol. The van der Waals surface area contributed by atoms with E-state index in [1.54, 1.807) is 19.0 Å². The van der Waals surface area contributed by atoms with Crippen molar-refractivity contribution in [1.29, 1.82) is 0 Å². The van der Waals surface area contributed by atoms with Crippen LogP contribution in [0.5, 0.6) is 0 Å². The molecule has 0 bridgehead atoms. The molecule has 1 atom stereocenters. The third kappa shape index (κ3) is 9.72. The van der Waals surface area contributed by atoms with Crippen LogP contribution in [0.1, 0.15) is 39.0 Å². The molecule has 0 aromatic rings. The highest BCUT2D eigenvalue weighted by molar-refractivity contribution is 5.84. The number of carbonyl (C=O) groups is 1. The molecule has 1 unspecified atom stereocenters. The third-order valence-corrected chi connectivity index (χ3v) is 3.78. The van der Waals surface area contributed by atoms with Crippen LogP contribution >= 0.6 is 0 Å². The zero-order valence-corrected chi connectivity index (χ0v) is 15.5. The summed E-state index contributed by atoms with van der Waals surface area (Å²) in [5.74, 6) is 0.685. The molecule has 24 heavy (non-hydrogen) atoms. The lowest BCUT2D eigenvalue weighted by atomic mass is 10.2. The van der Waals surface area contributed by atoms with Crippen LogP contribution in [0, 0.1) is 0 Å². The van der Waals surface area contributed by atoms with E-state index in [0.29, 0.717) is 19.2 Å². The summed E-state index contributed by atoms with van der Waals surface area (Å²) in [5.41, 5.74) is 0. The van der Waals surface area contributed by atoms with Crippen LogP contribution in [0.25, 0.3) is 0 Å². The third-order valence-electron chi connectivity index (χ3n) is 3.78. The summed E-state index contributed by atoms with van der Waals surface area (Å²) < 4.78 is 11.2. The number of amides is 1. The minimum atomic E-state index is -0.00788. The maximum atomic E-state index is 11.6. The standard InChI is InChI=1S/C17H34N4O3/c1-4-5-9-18-17(20-13-16(22)21(2)3)19-10-7-11-23-14-15-8-6-12-24-15/h15H,4-14H2,1-3H3,(H2,18,19,20). The normalized spacial score (nSPS) is 17.8. The first-order valence-electron chi connectivity index (χ1n) is 9.05. The van der Waals surface area contributed by atoms with Gasteiger partial charge >= 0.3 is 0 Å². The number of nitrogens with one attached hydrogen (secondary N) is 2. The summed E-state index contributed by atoms with van der Waals surface area (Å²) in [6.07, 6.45) is 5.62. The van der Waals surface area contributed by atoms with Gasteiger partial charge in [0, 0.05) is 40.4 Å². The van der Waals surface area contributed by atoms with Crippen molar-refractivity contribution >= 4 is 11.9 Å². The van der Waals surface area contributed by atoms with Crippen LogP contribution in [0.4, 0.5) is 0 Å². The molecule has 0 radical (unpaired) electrons. The molecule has 7 nitrogen and oxygen atoms in total. The molecule has 0 aromatic heterocycles. The van der Waals surface area contributed by atoms with Crippen LogP contribution in [-0.4, -0.2) is 76.4 Å². The first-order chi connectivity index (χ1) is 11.6. The second kappa shape index (κ2) is 13.0. The Hall–Kier alpha value is -1.34. The molecule has 0 aliphatic carbocycles. The number of hydrogen-bond donors (Lipinski definition) is 2. The fourth-order valence-electron chi connectivity index (χ4n) is 2.22. The summed E-state index contributed by atoms with van der Waals surface area (Å²) in [7, 11) is 3.47. The zero-order valence-electron chi connectivity index (χ0n) is 15.5. The number of aliphatic imine (C=N–C) groups is 1. The number of guanidine groups is 1. The van der Waals surface area contributed by atoms with E-state index in [4.69, 9.17) is 9.47 Å². The van der Waals surface area contributed by atoms with Crippen molar-refractivity contribution in [1.82, 2.24) is 15.5 Å². The number of hydrogen-bond acceptors (Lipinski definition) is 4. The summed E-state index contributed by atoms with van der Waals surface area (Å²) in [5, 5.41) is 6.52. The summed E-state index contributed by atoms with van der Waals surface area (Å²) in [6, 6.07) is 0. The molecule has 1 rings (SSSR count). The van der Waals surface area contributed by atoms with Gasteiger partial charge in [0.2, 0.25) is 5.91 Å². The number of unbranched alkanes of at least 4 members (excludes halogenated alkanes) is 1. The van der Waals surface area contributed by atoms with Gasteiger partial charge in [-0.2, -0.15) is 0 Å². The Morgan fingerprint density at radius 2 is 2.04 bits per heavy atom. The SMILES string of the molecule is CCCCNC(=NCC(=O)N(C)C)NCCCOCC1CCCO1. The van der Waals surface area contributed by atoms with Crippen LogP contribution in [0.15, 0.2) is 4.99 Å². The van der Waals surface area contributed by atoms with Gasteiger partial charge in [0.1, 0.15) is 6.54 Å². The number of carbonyl (C=O) groups excluding carboxylic acids is 1. The van der Waals surface area contributed by atoms with Crippen molar-refractivity contribution in [2.45, 2.75) is 45.1 Å². The lowest BCUT2D eigenvalue weighted by Gasteiger charge is -2.14. The van der Waals surface area contributed by atoms with Gasteiger partial charge in [-0.3, -0.25) is 4.79 Å². The lowest BCUT2D eigenvalue weighted by molar-refractivity contribution is -0.127. The number of rotatable bonds is 11. The first-order valence-corrected chi connectivity index (χ1v) is 9.05. The van der Waals surface area contributed by atoms with Gasteiger partial charge in [0.25, 0.3) is 0 Å². The van der Waals surface area contributed by atoms with E-state index < -0.39 is 0 Å². The average Bonchev–Trinajstić information content (AvgIpc) is 3.08. The molecule has 1 fully saturated rings. The van der Waals surface area contributed by atoms with Crippen molar-refractivity contribution in [3.05, 3.63) is 0 Å². The molecule has 1 aliphatic rings. The highest BCUT2D eigenvalue weighted by Crippen LogP contribution is 2.11. The van der Waals surface area contributed by atoms with E-state index in [-0.39, 0.29) is 18.6 Å². The summed E-state index contributed by atoms with van der Waals surface area (Å²) >= 11 is 0. The smallest absolute Gasteiger partial charge is 0.243 e. The van der Waals surface area contributed by atoms with Crippen LogP contribution in [0.3, 0.4) is 0 Å². The Morgan fingerprint density at radius 3 is 2.67 bits per heavy atom. The fraction of sp³-hybridized carbons (Fsp3) is 0.882. The van der Waals surface area contributed by atoms with E-state index in [1.165, 1.54) is 0 Å². The minimum absolute atomic E-state index is 0.00788. The number of nitrogens with zero attached hydrogens (tertiary/aromatic N) is 2. The van der Waals surface area contributed by atoms with Crippen LogP contribution < -0.4 is 10.6 Å². The largest absolute Gasteiger partial charge is 0.379 e. The molecule has 140 valence electrons. The predicted octanol–water partition coefficient (Wildman–Crippen LogP) is 0.996. The van der Waals surface area contributed by atoms with E-state index in [2.05, 4.69) is 22.5 Å².